The van der Waals surface area contributed by atoms with Crippen LogP contribution in [-0.4, -0.2) is 12.7 Å². The zero-order valence-electron chi connectivity index (χ0n) is 5.31. The summed E-state index contributed by atoms with van der Waals surface area (Å²) in [7, 11) is 0. The molecule has 0 aromatic carbocycles. The van der Waals surface area contributed by atoms with E-state index in [2.05, 4.69) is 13.5 Å². The van der Waals surface area contributed by atoms with E-state index >= 15 is 0 Å². The predicted molar refractivity (Wildman–Crippen MR) is 33.8 cm³/mol. The zero-order chi connectivity index (χ0) is 5.98. The van der Waals surface area contributed by atoms with Gasteiger partial charge >= 0.3 is 0 Å². The lowest BCUT2D eigenvalue weighted by Crippen LogP contribution is -1.86. The molecule has 1 rings (SSSR count). The third kappa shape index (κ3) is 1.66. The fourth-order valence-corrected chi connectivity index (χ4v) is 0.652. The lowest BCUT2D eigenvalue weighted by atomic mass is 10.1. The Morgan fingerprint density at radius 3 is 2.88 bits per heavy atom. The van der Waals surface area contributed by atoms with Crippen LogP contribution >= 0.6 is 0 Å². The molecule has 0 saturated carbocycles. The molecular formula is C7H12O. The monoisotopic (exact) mass is 112 g/mol. The van der Waals surface area contributed by atoms with Gasteiger partial charge in [-0.1, -0.05) is 19.1 Å². The van der Waals surface area contributed by atoms with Gasteiger partial charge in [0.1, 0.15) is 0 Å². The van der Waals surface area contributed by atoms with E-state index in [9.17, 15) is 0 Å². The molecule has 1 atom stereocenters. The Labute approximate surface area is 50.3 Å². The average Bonchev–Trinajstić information content (AvgIpc) is 2.50. The number of ether oxygens (including phenoxy) is 1. The summed E-state index contributed by atoms with van der Waals surface area (Å²) in [6.45, 7) is 6.96. The van der Waals surface area contributed by atoms with E-state index < -0.39 is 0 Å². The van der Waals surface area contributed by atoms with Crippen LogP contribution in [0.25, 0.3) is 0 Å². The van der Waals surface area contributed by atoms with Crippen LogP contribution in [0.1, 0.15) is 19.8 Å². The lowest BCUT2D eigenvalue weighted by molar-refractivity contribution is 0.406. The second-order valence-corrected chi connectivity index (χ2v) is 2.26. The molecular weight excluding hydrogens is 100 g/mol. The van der Waals surface area contributed by atoms with Crippen molar-refractivity contribution in [2.24, 2.45) is 0 Å². The van der Waals surface area contributed by atoms with Gasteiger partial charge in [-0.25, -0.2) is 0 Å². The Kier molecular flexibility index (Phi) is 1.69. The highest BCUT2D eigenvalue weighted by atomic mass is 16.6. The standard InChI is InChI=1S/C7H12O/c1-3-6(2)4-7-5-8-7/h7H,2-5H2,1H3. The molecule has 1 heterocycles. The minimum atomic E-state index is 0.530. The summed E-state index contributed by atoms with van der Waals surface area (Å²) in [5.41, 5.74) is 1.31. The van der Waals surface area contributed by atoms with Crippen molar-refractivity contribution >= 4 is 0 Å². The molecule has 1 saturated heterocycles. The second-order valence-electron chi connectivity index (χ2n) is 2.26. The minimum Gasteiger partial charge on any atom is -0.373 e. The fourth-order valence-electron chi connectivity index (χ4n) is 0.652. The van der Waals surface area contributed by atoms with Crippen molar-refractivity contribution in [3.8, 4) is 0 Å². The first-order valence-corrected chi connectivity index (χ1v) is 3.11. The zero-order valence-corrected chi connectivity index (χ0v) is 5.31. The Balaban J connectivity index is 2.07. The smallest absolute Gasteiger partial charge is 0.0846 e. The molecule has 0 spiro atoms. The van der Waals surface area contributed by atoms with E-state index in [1.807, 2.05) is 0 Å². The summed E-state index contributed by atoms with van der Waals surface area (Å²) in [5.74, 6) is 0. The third-order valence-corrected chi connectivity index (χ3v) is 1.42. The summed E-state index contributed by atoms with van der Waals surface area (Å²) in [5, 5.41) is 0. The summed E-state index contributed by atoms with van der Waals surface area (Å²) >= 11 is 0. The molecule has 0 aromatic heterocycles. The van der Waals surface area contributed by atoms with E-state index in [0.717, 1.165) is 19.4 Å². The maximum atomic E-state index is 5.02. The first-order chi connectivity index (χ1) is 3.83. The summed E-state index contributed by atoms with van der Waals surface area (Å²) in [4.78, 5) is 0. The molecule has 0 amide bonds. The van der Waals surface area contributed by atoms with Gasteiger partial charge in [0.25, 0.3) is 0 Å². The van der Waals surface area contributed by atoms with E-state index in [1.165, 1.54) is 5.57 Å². The average molecular weight is 112 g/mol. The number of hydrogen-bond acceptors (Lipinski definition) is 1. The molecule has 0 radical (unpaired) electrons. The molecule has 8 heavy (non-hydrogen) atoms. The largest absolute Gasteiger partial charge is 0.373 e. The molecule has 1 fully saturated rings. The van der Waals surface area contributed by atoms with Gasteiger partial charge < -0.3 is 4.74 Å². The molecule has 0 N–H and O–H groups in total. The summed E-state index contributed by atoms with van der Waals surface area (Å²) in [6, 6.07) is 0. The highest BCUT2D eigenvalue weighted by Gasteiger charge is 2.21. The Morgan fingerprint density at radius 2 is 2.50 bits per heavy atom. The predicted octanol–water partition coefficient (Wildman–Crippen LogP) is 1.74. The van der Waals surface area contributed by atoms with Crippen molar-refractivity contribution in [2.75, 3.05) is 6.61 Å². The van der Waals surface area contributed by atoms with Crippen LogP contribution in [0.3, 0.4) is 0 Å². The maximum absolute atomic E-state index is 5.02. The van der Waals surface area contributed by atoms with Crippen LogP contribution in [0.5, 0.6) is 0 Å². The van der Waals surface area contributed by atoms with Crippen molar-refractivity contribution < 1.29 is 4.74 Å². The van der Waals surface area contributed by atoms with Crippen molar-refractivity contribution in [2.45, 2.75) is 25.9 Å². The van der Waals surface area contributed by atoms with Gasteiger partial charge in [0, 0.05) is 0 Å². The van der Waals surface area contributed by atoms with Gasteiger partial charge in [-0.3, -0.25) is 0 Å². The van der Waals surface area contributed by atoms with Gasteiger partial charge in [0.15, 0.2) is 0 Å². The van der Waals surface area contributed by atoms with Crippen molar-refractivity contribution in [3.05, 3.63) is 12.2 Å². The third-order valence-electron chi connectivity index (χ3n) is 1.42. The maximum Gasteiger partial charge on any atom is 0.0846 e. The van der Waals surface area contributed by atoms with Gasteiger partial charge in [0.2, 0.25) is 0 Å². The van der Waals surface area contributed by atoms with Crippen molar-refractivity contribution in [1.29, 1.82) is 0 Å². The van der Waals surface area contributed by atoms with Crippen molar-refractivity contribution in [1.82, 2.24) is 0 Å². The molecule has 0 bridgehead atoms. The highest BCUT2D eigenvalue weighted by Crippen LogP contribution is 2.18. The van der Waals surface area contributed by atoms with Gasteiger partial charge in [-0.2, -0.15) is 0 Å². The number of epoxide rings is 1. The SMILES string of the molecule is C=C(CC)CC1CO1. The van der Waals surface area contributed by atoms with Gasteiger partial charge in [-0.05, 0) is 12.8 Å². The second kappa shape index (κ2) is 2.31. The normalized spacial score (nSPS) is 25.4. The van der Waals surface area contributed by atoms with Crippen LogP contribution in [0.2, 0.25) is 0 Å². The Morgan fingerprint density at radius 1 is 1.88 bits per heavy atom. The van der Waals surface area contributed by atoms with E-state index in [4.69, 9.17) is 4.74 Å². The van der Waals surface area contributed by atoms with Gasteiger partial charge in [-0.15, -0.1) is 0 Å². The summed E-state index contributed by atoms with van der Waals surface area (Å²) in [6.07, 6.45) is 2.71. The fraction of sp³-hybridized carbons (Fsp3) is 0.714. The van der Waals surface area contributed by atoms with Crippen LogP contribution < -0.4 is 0 Å². The van der Waals surface area contributed by atoms with E-state index in [-0.39, 0.29) is 0 Å². The molecule has 1 nitrogen and oxygen atoms in total. The first kappa shape index (κ1) is 5.83. The minimum absolute atomic E-state index is 0.530. The molecule has 46 valence electrons. The number of hydrogen-bond donors (Lipinski definition) is 0. The molecule has 1 unspecified atom stereocenters. The molecule has 1 aliphatic heterocycles. The lowest BCUT2D eigenvalue weighted by Gasteiger charge is -1.94. The Bertz CT molecular complexity index is 92.6. The van der Waals surface area contributed by atoms with Crippen LogP contribution in [0, 0.1) is 0 Å². The highest BCUT2D eigenvalue weighted by molar-refractivity contribution is 4.97. The van der Waals surface area contributed by atoms with Gasteiger partial charge in [0.05, 0.1) is 12.7 Å². The van der Waals surface area contributed by atoms with E-state index in [0.29, 0.717) is 6.10 Å². The molecule has 0 aromatic rings. The molecule has 0 aliphatic carbocycles. The first-order valence-electron chi connectivity index (χ1n) is 3.11. The molecule has 1 aliphatic rings. The van der Waals surface area contributed by atoms with Crippen LogP contribution in [-0.2, 0) is 4.74 Å². The van der Waals surface area contributed by atoms with Crippen LogP contribution in [0.15, 0.2) is 12.2 Å². The summed E-state index contributed by atoms with van der Waals surface area (Å²) < 4.78 is 5.02. The van der Waals surface area contributed by atoms with Crippen LogP contribution in [0.4, 0.5) is 0 Å². The molecule has 1 heteroatoms. The quantitative estimate of drug-likeness (QED) is 0.400. The number of rotatable bonds is 3. The van der Waals surface area contributed by atoms with E-state index in [1.54, 1.807) is 0 Å². The Hall–Kier alpha value is -0.300. The topological polar surface area (TPSA) is 12.5 Å². The van der Waals surface area contributed by atoms with Crippen molar-refractivity contribution in [3.63, 3.8) is 0 Å².